The first-order valence-electron chi connectivity index (χ1n) is 4.43. The summed E-state index contributed by atoms with van der Waals surface area (Å²) >= 11 is 0. The van der Waals surface area contributed by atoms with Crippen LogP contribution in [-0.2, 0) is 4.79 Å². The van der Waals surface area contributed by atoms with Crippen molar-refractivity contribution in [2.75, 3.05) is 0 Å². The fraction of sp³-hybridized carbons (Fsp3) is 0.700. The standard InChI is InChI=1S/C10H18O2/c1-4-5-10(12)9(3)8(2)6-7-11/h6-7,9-10,12H,4-5H2,1-3H3/b8-6+. The number of aldehydes is 1. The summed E-state index contributed by atoms with van der Waals surface area (Å²) in [5, 5.41) is 9.56. The Labute approximate surface area is 74.3 Å². The molecule has 70 valence electrons. The molecule has 0 heterocycles. The second kappa shape index (κ2) is 5.95. The third-order valence-corrected chi connectivity index (χ3v) is 2.21. The summed E-state index contributed by atoms with van der Waals surface area (Å²) in [6, 6.07) is 0. The molecular weight excluding hydrogens is 152 g/mol. The van der Waals surface area contributed by atoms with Crippen molar-refractivity contribution < 1.29 is 9.90 Å². The fourth-order valence-electron chi connectivity index (χ4n) is 1.11. The monoisotopic (exact) mass is 170 g/mol. The molecule has 0 aliphatic heterocycles. The second-order valence-corrected chi connectivity index (χ2v) is 3.19. The van der Waals surface area contributed by atoms with Crippen molar-refractivity contribution in [2.24, 2.45) is 5.92 Å². The summed E-state index contributed by atoms with van der Waals surface area (Å²) in [5.41, 5.74) is 0.950. The van der Waals surface area contributed by atoms with Crippen LogP contribution >= 0.6 is 0 Å². The molecule has 0 saturated carbocycles. The first-order chi connectivity index (χ1) is 5.63. The van der Waals surface area contributed by atoms with Gasteiger partial charge in [-0.05, 0) is 19.4 Å². The number of allylic oxidation sites excluding steroid dienone is 1. The van der Waals surface area contributed by atoms with E-state index >= 15 is 0 Å². The van der Waals surface area contributed by atoms with Crippen LogP contribution in [0.2, 0.25) is 0 Å². The zero-order valence-electron chi connectivity index (χ0n) is 8.08. The van der Waals surface area contributed by atoms with Crippen LogP contribution in [0.1, 0.15) is 33.6 Å². The van der Waals surface area contributed by atoms with Crippen LogP contribution in [0.5, 0.6) is 0 Å². The van der Waals surface area contributed by atoms with Crippen molar-refractivity contribution in [2.45, 2.75) is 39.7 Å². The van der Waals surface area contributed by atoms with Gasteiger partial charge in [-0.15, -0.1) is 0 Å². The molecular formula is C10H18O2. The smallest absolute Gasteiger partial charge is 0.142 e. The molecule has 0 aromatic carbocycles. The van der Waals surface area contributed by atoms with Crippen molar-refractivity contribution in [3.63, 3.8) is 0 Å². The molecule has 2 unspecified atom stereocenters. The minimum Gasteiger partial charge on any atom is -0.393 e. The van der Waals surface area contributed by atoms with Crippen molar-refractivity contribution in [3.8, 4) is 0 Å². The van der Waals surface area contributed by atoms with Crippen LogP contribution in [0.25, 0.3) is 0 Å². The van der Waals surface area contributed by atoms with Gasteiger partial charge < -0.3 is 5.11 Å². The molecule has 0 aromatic heterocycles. The molecule has 0 amide bonds. The molecule has 0 aromatic rings. The van der Waals surface area contributed by atoms with Gasteiger partial charge in [0.2, 0.25) is 0 Å². The summed E-state index contributed by atoms with van der Waals surface area (Å²) in [6.07, 6.45) is 3.74. The molecule has 0 bridgehead atoms. The Bertz CT molecular complexity index is 161. The fourth-order valence-corrected chi connectivity index (χ4v) is 1.11. The van der Waals surface area contributed by atoms with Gasteiger partial charge in [0.15, 0.2) is 0 Å². The van der Waals surface area contributed by atoms with E-state index in [4.69, 9.17) is 0 Å². The Balaban J connectivity index is 4.07. The number of aliphatic hydroxyl groups excluding tert-OH is 1. The molecule has 0 spiro atoms. The summed E-state index contributed by atoms with van der Waals surface area (Å²) in [6.45, 7) is 5.85. The number of hydrogen-bond donors (Lipinski definition) is 1. The van der Waals surface area contributed by atoms with Gasteiger partial charge in [-0.25, -0.2) is 0 Å². The van der Waals surface area contributed by atoms with Crippen LogP contribution in [-0.4, -0.2) is 17.5 Å². The highest BCUT2D eigenvalue weighted by Crippen LogP contribution is 2.17. The topological polar surface area (TPSA) is 37.3 Å². The highest BCUT2D eigenvalue weighted by atomic mass is 16.3. The molecule has 12 heavy (non-hydrogen) atoms. The van der Waals surface area contributed by atoms with E-state index in [1.165, 1.54) is 6.08 Å². The molecule has 0 aliphatic carbocycles. The lowest BCUT2D eigenvalue weighted by molar-refractivity contribution is -0.104. The highest BCUT2D eigenvalue weighted by molar-refractivity contribution is 5.66. The SMILES string of the molecule is CCCC(O)C(C)/C(C)=C/C=O. The maximum Gasteiger partial charge on any atom is 0.142 e. The van der Waals surface area contributed by atoms with E-state index in [0.717, 1.165) is 24.7 Å². The number of aliphatic hydroxyl groups is 1. The van der Waals surface area contributed by atoms with Crippen LogP contribution in [0.15, 0.2) is 11.6 Å². The highest BCUT2D eigenvalue weighted by Gasteiger charge is 2.13. The maximum absolute atomic E-state index is 10.1. The molecule has 0 aliphatic rings. The number of rotatable bonds is 5. The van der Waals surface area contributed by atoms with Crippen LogP contribution < -0.4 is 0 Å². The van der Waals surface area contributed by atoms with E-state index in [2.05, 4.69) is 0 Å². The minimum atomic E-state index is -0.314. The van der Waals surface area contributed by atoms with Gasteiger partial charge in [-0.2, -0.15) is 0 Å². The van der Waals surface area contributed by atoms with Crippen molar-refractivity contribution in [1.29, 1.82) is 0 Å². The van der Waals surface area contributed by atoms with Gasteiger partial charge in [0.05, 0.1) is 6.10 Å². The van der Waals surface area contributed by atoms with Crippen molar-refractivity contribution >= 4 is 6.29 Å². The number of hydrogen-bond acceptors (Lipinski definition) is 2. The van der Waals surface area contributed by atoms with Crippen LogP contribution in [0.3, 0.4) is 0 Å². The van der Waals surface area contributed by atoms with Crippen LogP contribution in [0, 0.1) is 5.92 Å². The zero-order valence-corrected chi connectivity index (χ0v) is 8.08. The molecule has 2 heteroatoms. The van der Waals surface area contributed by atoms with Crippen molar-refractivity contribution in [1.82, 2.24) is 0 Å². The predicted molar refractivity (Wildman–Crippen MR) is 49.9 cm³/mol. The average molecular weight is 170 g/mol. The van der Waals surface area contributed by atoms with Gasteiger partial charge in [-0.1, -0.05) is 25.8 Å². The summed E-state index contributed by atoms with van der Waals surface area (Å²) in [5.74, 6) is 0.0927. The first-order valence-corrected chi connectivity index (χ1v) is 4.43. The van der Waals surface area contributed by atoms with E-state index in [1.807, 2.05) is 20.8 Å². The van der Waals surface area contributed by atoms with E-state index in [9.17, 15) is 9.90 Å². The summed E-state index contributed by atoms with van der Waals surface area (Å²) in [4.78, 5) is 10.1. The first kappa shape index (κ1) is 11.4. The van der Waals surface area contributed by atoms with Crippen LogP contribution in [0.4, 0.5) is 0 Å². The lowest BCUT2D eigenvalue weighted by Gasteiger charge is -2.18. The van der Waals surface area contributed by atoms with E-state index < -0.39 is 0 Å². The molecule has 0 fully saturated rings. The minimum absolute atomic E-state index is 0.0927. The Kier molecular flexibility index (Phi) is 5.64. The molecule has 2 atom stereocenters. The van der Waals surface area contributed by atoms with Gasteiger partial charge in [-0.3, -0.25) is 4.79 Å². The maximum atomic E-state index is 10.1. The predicted octanol–water partition coefficient (Wildman–Crippen LogP) is 1.93. The second-order valence-electron chi connectivity index (χ2n) is 3.19. The largest absolute Gasteiger partial charge is 0.393 e. The number of carbonyl (C=O) groups excluding carboxylic acids is 1. The lowest BCUT2D eigenvalue weighted by atomic mass is 9.93. The third kappa shape index (κ3) is 3.67. The molecule has 1 N–H and O–H groups in total. The van der Waals surface area contributed by atoms with E-state index in [-0.39, 0.29) is 12.0 Å². The van der Waals surface area contributed by atoms with Gasteiger partial charge >= 0.3 is 0 Å². The van der Waals surface area contributed by atoms with Gasteiger partial charge in [0.1, 0.15) is 6.29 Å². The number of carbonyl (C=O) groups is 1. The van der Waals surface area contributed by atoms with E-state index in [0.29, 0.717) is 0 Å². The summed E-state index contributed by atoms with van der Waals surface area (Å²) in [7, 11) is 0. The van der Waals surface area contributed by atoms with E-state index in [1.54, 1.807) is 0 Å². The lowest BCUT2D eigenvalue weighted by Crippen LogP contribution is -2.18. The van der Waals surface area contributed by atoms with Gasteiger partial charge in [0.25, 0.3) is 0 Å². The molecule has 0 saturated heterocycles. The zero-order chi connectivity index (χ0) is 9.56. The molecule has 2 nitrogen and oxygen atoms in total. The third-order valence-electron chi connectivity index (χ3n) is 2.21. The Morgan fingerprint density at radius 3 is 2.58 bits per heavy atom. The Morgan fingerprint density at radius 1 is 1.58 bits per heavy atom. The molecule has 0 radical (unpaired) electrons. The molecule has 0 rings (SSSR count). The van der Waals surface area contributed by atoms with Gasteiger partial charge in [0, 0.05) is 5.92 Å². The Morgan fingerprint density at radius 2 is 2.17 bits per heavy atom. The Hall–Kier alpha value is -0.630. The average Bonchev–Trinajstić information content (AvgIpc) is 2.04. The quantitative estimate of drug-likeness (QED) is 0.505. The van der Waals surface area contributed by atoms with Crippen molar-refractivity contribution in [3.05, 3.63) is 11.6 Å². The normalized spacial score (nSPS) is 17.2. The summed E-state index contributed by atoms with van der Waals surface area (Å²) < 4.78 is 0.